The van der Waals surface area contributed by atoms with E-state index < -0.39 is 5.54 Å². The minimum atomic E-state index is -0.497. The molecule has 10 heavy (non-hydrogen) atoms. The molecule has 0 unspecified atom stereocenters. The van der Waals surface area contributed by atoms with Crippen molar-refractivity contribution >= 4 is 12.6 Å². The first-order valence-corrected chi connectivity index (χ1v) is 3.27. The maximum Gasteiger partial charge on any atom is 0.139 e. The quantitative estimate of drug-likeness (QED) is 0.440. The highest BCUT2D eigenvalue weighted by Gasteiger charge is 2.13. The van der Waals surface area contributed by atoms with Crippen molar-refractivity contribution in [3.8, 4) is 0 Å². The highest BCUT2D eigenvalue weighted by atomic mass is 16.1. The molecule has 0 amide bonds. The zero-order chi connectivity index (χ0) is 8.04. The first kappa shape index (κ1) is 9.30. The maximum absolute atomic E-state index is 10.3. The van der Waals surface area contributed by atoms with E-state index in [2.05, 4.69) is 5.32 Å². The maximum atomic E-state index is 10.3. The van der Waals surface area contributed by atoms with Crippen molar-refractivity contribution in [2.45, 2.75) is 25.8 Å². The van der Waals surface area contributed by atoms with Gasteiger partial charge in [0.05, 0.1) is 5.54 Å². The summed E-state index contributed by atoms with van der Waals surface area (Å²) in [7, 11) is 0. The predicted octanol–water partition coefficient (Wildman–Crippen LogP) is 0.142. The fourth-order valence-corrected chi connectivity index (χ4v) is 0.495. The van der Waals surface area contributed by atoms with E-state index in [1.54, 1.807) is 13.8 Å². The first-order valence-electron chi connectivity index (χ1n) is 3.27. The first-order chi connectivity index (χ1) is 4.62. The Morgan fingerprint density at radius 3 is 2.40 bits per heavy atom. The van der Waals surface area contributed by atoms with Crippen LogP contribution in [0, 0.1) is 0 Å². The molecule has 0 aromatic rings. The molecule has 58 valence electrons. The Kier molecular flexibility index (Phi) is 3.88. The third-order valence-electron chi connectivity index (χ3n) is 1.14. The molecular weight excluding hydrogens is 130 g/mol. The van der Waals surface area contributed by atoms with Gasteiger partial charge in [-0.2, -0.15) is 0 Å². The molecule has 0 fully saturated rings. The molecule has 0 radical (unpaired) electrons. The van der Waals surface area contributed by atoms with Crippen molar-refractivity contribution in [3.05, 3.63) is 0 Å². The van der Waals surface area contributed by atoms with Crippen molar-refractivity contribution in [2.75, 3.05) is 6.54 Å². The Labute approximate surface area is 60.8 Å². The molecule has 0 aliphatic rings. The van der Waals surface area contributed by atoms with Gasteiger partial charge in [-0.05, 0) is 13.8 Å². The number of carbonyl (C=O) groups excluding carboxylic acids is 2. The van der Waals surface area contributed by atoms with E-state index in [0.29, 0.717) is 13.0 Å². The lowest BCUT2D eigenvalue weighted by molar-refractivity contribution is -0.113. The van der Waals surface area contributed by atoms with Gasteiger partial charge in [0.25, 0.3) is 0 Å². The Morgan fingerprint density at radius 1 is 1.40 bits per heavy atom. The van der Waals surface area contributed by atoms with Crippen LogP contribution in [-0.2, 0) is 9.59 Å². The van der Waals surface area contributed by atoms with Crippen LogP contribution in [0.5, 0.6) is 0 Å². The molecule has 0 aromatic carbocycles. The molecule has 1 N–H and O–H groups in total. The number of carbonyl (C=O) groups is 2. The summed E-state index contributed by atoms with van der Waals surface area (Å²) in [6.45, 7) is 4.10. The van der Waals surface area contributed by atoms with Crippen molar-refractivity contribution in [1.29, 1.82) is 0 Å². The molecule has 3 nitrogen and oxygen atoms in total. The van der Waals surface area contributed by atoms with E-state index in [1.807, 2.05) is 0 Å². The second-order valence-electron chi connectivity index (χ2n) is 2.72. The minimum Gasteiger partial charge on any atom is -0.305 e. The number of nitrogens with one attached hydrogen (secondary N) is 1. The normalized spacial score (nSPS) is 11.0. The van der Waals surface area contributed by atoms with E-state index in [1.165, 1.54) is 0 Å². The van der Waals surface area contributed by atoms with Gasteiger partial charge in [0.15, 0.2) is 0 Å². The van der Waals surface area contributed by atoms with Crippen LogP contribution in [0.25, 0.3) is 0 Å². The van der Waals surface area contributed by atoms with Crippen molar-refractivity contribution in [2.24, 2.45) is 0 Å². The van der Waals surface area contributed by atoms with E-state index in [-0.39, 0.29) is 0 Å². The van der Waals surface area contributed by atoms with Gasteiger partial charge in [-0.3, -0.25) is 0 Å². The fourth-order valence-electron chi connectivity index (χ4n) is 0.495. The molecule has 0 bridgehead atoms. The van der Waals surface area contributed by atoms with E-state index in [0.717, 1.165) is 12.6 Å². The highest BCUT2D eigenvalue weighted by Crippen LogP contribution is 1.94. The average Bonchev–Trinajstić information content (AvgIpc) is 1.89. The molecule has 0 heterocycles. The van der Waals surface area contributed by atoms with E-state index >= 15 is 0 Å². The van der Waals surface area contributed by atoms with Crippen LogP contribution in [0.4, 0.5) is 0 Å². The number of rotatable bonds is 5. The van der Waals surface area contributed by atoms with Gasteiger partial charge in [-0.1, -0.05) is 0 Å². The summed E-state index contributed by atoms with van der Waals surface area (Å²) in [6, 6.07) is 0. The summed E-state index contributed by atoms with van der Waals surface area (Å²) in [5.74, 6) is 0. The minimum absolute atomic E-state index is 0.456. The summed E-state index contributed by atoms with van der Waals surface area (Å²) >= 11 is 0. The molecule has 0 spiro atoms. The third-order valence-corrected chi connectivity index (χ3v) is 1.14. The zero-order valence-electron chi connectivity index (χ0n) is 6.39. The van der Waals surface area contributed by atoms with Gasteiger partial charge in [-0.15, -0.1) is 0 Å². The molecular formula is C7H13NO2. The summed E-state index contributed by atoms with van der Waals surface area (Å²) < 4.78 is 0. The van der Waals surface area contributed by atoms with Crippen molar-refractivity contribution in [3.63, 3.8) is 0 Å². The Morgan fingerprint density at radius 2 is 2.00 bits per heavy atom. The predicted molar refractivity (Wildman–Crippen MR) is 38.8 cm³/mol. The molecule has 0 saturated heterocycles. The lowest BCUT2D eigenvalue weighted by Crippen LogP contribution is -2.41. The average molecular weight is 143 g/mol. The largest absolute Gasteiger partial charge is 0.305 e. The summed E-state index contributed by atoms with van der Waals surface area (Å²) in [6.07, 6.45) is 2.11. The molecule has 0 aliphatic heterocycles. The van der Waals surface area contributed by atoms with Gasteiger partial charge >= 0.3 is 0 Å². The molecule has 0 aliphatic carbocycles. The molecule has 0 saturated carbocycles. The van der Waals surface area contributed by atoms with Gasteiger partial charge in [0.1, 0.15) is 12.6 Å². The lowest BCUT2D eigenvalue weighted by Gasteiger charge is -2.17. The number of hydrogen-bond acceptors (Lipinski definition) is 3. The second-order valence-corrected chi connectivity index (χ2v) is 2.72. The molecule has 0 atom stereocenters. The topological polar surface area (TPSA) is 46.2 Å². The molecule has 0 aromatic heterocycles. The fraction of sp³-hybridized carbons (Fsp3) is 0.714. The van der Waals surface area contributed by atoms with Crippen LogP contribution in [0.2, 0.25) is 0 Å². The summed E-state index contributed by atoms with van der Waals surface area (Å²) in [4.78, 5) is 20.1. The highest BCUT2D eigenvalue weighted by molar-refractivity contribution is 5.62. The Balaban J connectivity index is 3.46. The zero-order valence-corrected chi connectivity index (χ0v) is 6.39. The second kappa shape index (κ2) is 4.17. The van der Waals surface area contributed by atoms with Gasteiger partial charge in [0.2, 0.25) is 0 Å². The van der Waals surface area contributed by atoms with Crippen LogP contribution < -0.4 is 5.32 Å². The van der Waals surface area contributed by atoms with Crippen molar-refractivity contribution < 1.29 is 9.59 Å². The molecule has 0 rings (SSSR count). The van der Waals surface area contributed by atoms with Gasteiger partial charge in [-0.25, -0.2) is 0 Å². The van der Waals surface area contributed by atoms with Crippen LogP contribution >= 0.6 is 0 Å². The van der Waals surface area contributed by atoms with Crippen LogP contribution in [0.3, 0.4) is 0 Å². The Hall–Kier alpha value is -0.700. The SMILES string of the molecule is CC(C)(C=O)NCCC=O. The van der Waals surface area contributed by atoms with Gasteiger partial charge in [0, 0.05) is 13.0 Å². The molecule has 3 heteroatoms. The smallest absolute Gasteiger partial charge is 0.139 e. The third kappa shape index (κ3) is 4.21. The monoisotopic (exact) mass is 143 g/mol. The Bertz CT molecular complexity index is 121. The van der Waals surface area contributed by atoms with Crippen LogP contribution in [0.15, 0.2) is 0 Å². The van der Waals surface area contributed by atoms with E-state index in [9.17, 15) is 9.59 Å². The standard InChI is InChI=1S/C7H13NO2/c1-7(2,6-10)8-4-3-5-9/h5-6,8H,3-4H2,1-2H3. The summed E-state index contributed by atoms with van der Waals surface area (Å²) in [5, 5.41) is 2.91. The van der Waals surface area contributed by atoms with Crippen LogP contribution in [-0.4, -0.2) is 24.7 Å². The number of hydrogen-bond donors (Lipinski definition) is 1. The van der Waals surface area contributed by atoms with Crippen LogP contribution in [0.1, 0.15) is 20.3 Å². The lowest BCUT2D eigenvalue weighted by atomic mass is 10.1. The van der Waals surface area contributed by atoms with E-state index in [4.69, 9.17) is 0 Å². The number of aldehydes is 2. The van der Waals surface area contributed by atoms with Crippen molar-refractivity contribution in [1.82, 2.24) is 5.32 Å². The summed E-state index contributed by atoms with van der Waals surface area (Å²) in [5.41, 5.74) is -0.497. The van der Waals surface area contributed by atoms with Gasteiger partial charge < -0.3 is 14.9 Å².